The SMILES string of the molecule is Cc1cc(Nc2ccc(-c3ccc(Nc4ccc(Br)c(C)c4)c(-c4ccccc4)c3-c3ccccc3)cc2)ccc1Br. The molecule has 6 aromatic rings. The maximum absolute atomic E-state index is 3.74. The van der Waals surface area contributed by atoms with Crippen molar-refractivity contribution >= 4 is 54.6 Å². The molecular weight excluding hydrogens is 644 g/mol. The second-order valence-corrected chi connectivity index (χ2v) is 12.1. The van der Waals surface area contributed by atoms with Crippen LogP contribution in [-0.2, 0) is 0 Å². The van der Waals surface area contributed by atoms with Gasteiger partial charge in [-0.15, -0.1) is 0 Å². The highest BCUT2D eigenvalue weighted by molar-refractivity contribution is 9.10. The number of hydrogen-bond donors (Lipinski definition) is 2. The smallest absolute Gasteiger partial charge is 0.0470 e. The van der Waals surface area contributed by atoms with Gasteiger partial charge in [0.25, 0.3) is 0 Å². The molecule has 0 bridgehead atoms. The molecule has 0 spiro atoms. The van der Waals surface area contributed by atoms with Gasteiger partial charge in [0.15, 0.2) is 0 Å². The molecule has 42 heavy (non-hydrogen) atoms. The fourth-order valence-corrected chi connectivity index (χ4v) is 5.75. The Kier molecular flexibility index (Phi) is 8.27. The Labute approximate surface area is 264 Å². The Morgan fingerprint density at radius 3 is 1.48 bits per heavy atom. The van der Waals surface area contributed by atoms with E-state index in [4.69, 9.17) is 0 Å². The maximum atomic E-state index is 3.74. The fourth-order valence-electron chi connectivity index (χ4n) is 5.26. The van der Waals surface area contributed by atoms with Gasteiger partial charge in [-0.25, -0.2) is 0 Å². The van der Waals surface area contributed by atoms with Crippen LogP contribution in [0.4, 0.5) is 22.7 Å². The van der Waals surface area contributed by atoms with Crippen LogP contribution in [0.15, 0.2) is 142 Å². The molecule has 0 aliphatic rings. The van der Waals surface area contributed by atoms with Crippen molar-refractivity contribution in [2.45, 2.75) is 13.8 Å². The molecule has 0 aliphatic heterocycles. The zero-order valence-electron chi connectivity index (χ0n) is 23.5. The van der Waals surface area contributed by atoms with Gasteiger partial charge in [0.05, 0.1) is 0 Å². The van der Waals surface area contributed by atoms with Crippen molar-refractivity contribution in [1.29, 1.82) is 0 Å². The van der Waals surface area contributed by atoms with E-state index in [1.54, 1.807) is 0 Å². The van der Waals surface area contributed by atoms with Crippen LogP contribution in [0, 0.1) is 13.8 Å². The predicted molar refractivity (Wildman–Crippen MR) is 187 cm³/mol. The number of anilines is 4. The first-order valence-electron chi connectivity index (χ1n) is 13.9. The molecule has 6 rings (SSSR count). The lowest BCUT2D eigenvalue weighted by atomic mass is 9.86. The van der Waals surface area contributed by atoms with E-state index in [2.05, 4.69) is 190 Å². The van der Waals surface area contributed by atoms with Crippen LogP contribution in [0.3, 0.4) is 0 Å². The lowest BCUT2D eigenvalue weighted by Crippen LogP contribution is -1.99. The summed E-state index contributed by atoms with van der Waals surface area (Å²) in [4.78, 5) is 0. The van der Waals surface area contributed by atoms with Crippen LogP contribution in [0.2, 0.25) is 0 Å². The Hall–Kier alpha value is -4.12. The van der Waals surface area contributed by atoms with Gasteiger partial charge in [0, 0.05) is 37.3 Å². The number of rotatable bonds is 7. The normalized spacial score (nSPS) is 10.9. The van der Waals surface area contributed by atoms with E-state index >= 15 is 0 Å². The average molecular weight is 674 g/mol. The van der Waals surface area contributed by atoms with E-state index in [9.17, 15) is 0 Å². The molecule has 2 N–H and O–H groups in total. The molecule has 0 unspecified atom stereocenters. The van der Waals surface area contributed by atoms with Gasteiger partial charge >= 0.3 is 0 Å². The van der Waals surface area contributed by atoms with Crippen LogP contribution in [-0.4, -0.2) is 0 Å². The highest BCUT2D eigenvalue weighted by atomic mass is 79.9. The van der Waals surface area contributed by atoms with Crippen molar-refractivity contribution < 1.29 is 0 Å². The average Bonchev–Trinajstić information content (AvgIpc) is 3.02. The molecule has 0 aromatic heterocycles. The minimum absolute atomic E-state index is 1.05. The number of nitrogens with one attached hydrogen (secondary N) is 2. The molecule has 0 heterocycles. The molecule has 0 fully saturated rings. The Morgan fingerprint density at radius 2 is 0.929 bits per heavy atom. The summed E-state index contributed by atoms with van der Waals surface area (Å²) < 4.78 is 2.21. The summed E-state index contributed by atoms with van der Waals surface area (Å²) in [5, 5.41) is 7.28. The molecule has 0 amide bonds. The van der Waals surface area contributed by atoms with E-state index in [1.165, 1.54) is 38.9 Å². The molecule has 0 saturated heterocycles. The van der Waals surface area contributed by atoms with Crippen molar-refractivity contribution in [3.63, 3.8) is 0 Å². The standard InChI is InChI=1S/C38H30Br2N2/c1-25-23-31(17-20-34(25)39)41-30-15-13-27(14-16-30)33-19-22-36(42-32-18-21-35(40)26(2)24-32)38(29-11-7-4-8-12-29)37(33)28-9-5-3-6-10-28/h3-24,41-42H,1-2H3. The summed E-state index contributed by atoms with van der Waals surface area (Å²) in [7, 11) is 0. The van der Waals surface area contributed by atoms with Crippen LogP contribution in [0.5, 0.6) is 0 Å². The minimum atomic E-state index is 1.05. The first kappa shape index (κ1) is 28.0. The quantitative estimate of drug-likeness (QED) is 0.176. The highest BCUT2D eigenvalue weighted by Gasteiger charge is 2.18. The van der Waals surface area contributed by atoms with Crippen LogP contribution in [0.1, 0.15) is 11.1 Å². The minimum Gasteiger partial charge on any atom is -0.356 e. The molecule has 0 aliphatic carbocycles. The van der Waals surface area contributed by atoms with Crippen molar-refractivity contribution in [3.8, 4) is 33.4 Å². The van der Waals surface area contributed by atoms with Gasteiger partial charge in [0.1, 0.15) is 0 Å². The third-order valence-electron chi connectivity index (χ3n) is 7.41. The van der Waals surface area contributed by atoms with Crippen molar-refractivity contribution in [2.24, 2.45) is 0 Å². The van der Waals surface area contributed by atoms with Gasteiger partial charge in [-0.1, -0.05) is 111 Å². The van der Waals surface area contributed by atoms with E-state index in [0.717, 1.165) is 37.3 Å². The number of aryl methyl sites for hydroxylation is 2. The zero-order valence-corrected chi connectivity index (χ0v) is 26.6. The monoisotopic (exact) mass is 672 g/mol. The van der Waals surface area contributed by atoms with Crippen molar-refractivity contribution in [2.75, 3.05) is 10.6 Å². The second kappa shape index (κ2) is 12.4. The van der Waals surface area contributed by atoms with Crippen molar-refractivity contribution in [1.82, 2.24) is 0 Å². The summed E-state index contributed by atoms with van der Waals surface area (Å²) in [5.74, 6) is 0. The Bertz CT molecular complexity index is 1850. The predicted octanol–water partition coefficient (Wildman–Crippen LogP) is 12.3. The molecule has 2 nitrogen and oxygen atoms in total. The summed E-state index contributed by atoms with van der Waals surface area (Å²) in [6, 6.07) is 47.2. The van der Waals surface area contributed by atoms with E-state index in [0.29, 0.717) is 0 Å². The van der Waals surface area contributed by atoms with Crippen LogP contribution < -0.4 is 10.6 Å². The van der Waals surface area contributed by atoms with Gasteiger partial charge in [0.2, 0.25) is 0 Å². The molecule has 206 valence electrons. The lowest BCUT2D eigenvalue weighted by molar-refractivity contribution is 1.41. The lowest BCUT2D eigenvalue weighted by Gasteiger charge is -2.21. The summed E-state index contributed by atoms with van der Waals surface area (Å²) in [6.45, 7) is 4.21. The highest BCUT2D eigenvalue weighted by Crippen LogP contribution is 2.45. The van der Waals surface area contributed by atoms with E-state index in [-0.39, 0.29) is 0 Å². The Balaban J connectivity index is 1.48. The van der Waals surface area contributed by atoms with E-state index < -0.39 is 0 Å². The third kappa shape index (κ3) is 6.06. The first-order valence-corrected chi connectivity index (χ1v) is 15.5. The van der Waals surface area contributed by atoms with Gasteiger partial charge in [-0.3, -0.25) is 0 Å². The molecule has 0 atom stereocenters. The molecular formula is C38H30Br2N2. The molecule has 0 saturated carbocycles. The molecule has 0 radical (unpaired) electrons. The topological polar surface area (TPSA) is 24.1 Å². The summed E-state index contributed by atoms with van der Waals surface area (Å²) in [6.07, 6.45) is 0. The van der Waals surface area contributed by atoms with E-state index in [1.807, 2.05) is 0 Å². The summed E-state index contributed by atoms with van der Waals surface area (Å²) in [5.41, 5.74) is 13.7. The first-order chi connectivity index (χ1) is 20.5. The number of benzene rings is 6. The fraction of sp³-hybridized carbons (Fsp3) is 0.0526. The van der Waals surface area contributed by atoms with Crippen molar-refractivity contribution in [3.05, 3.63) is 154 Å². The summed E-state index contributed by atoms with van der Waals surface area (Å²) >= 11 is 7.23. The largest absolute Gasteiger partial charge is 0.356 e. The van der Waals surface area contributed by atoms with Gasteiger partial charge in [-0.05, 0) is 107 Å². The number of halogens is 2. The molecule has 4 heteroatoms. The Morgan fingerprint density at radius 1 is 0.429 bits per heavy atom. The third-order valence-corrected chi connectivity index (χ3v) is 9.19. The van der Waals surface area contributed by atoms with Crippen LogP contribution in [0.25, 0.3) is 33.4 Å². The zero-order chi connectivity index (χ0) is 29.1. The maximum Gasteiger partial charge on any atom is 0.0470 e. The van der Waals surface area contributed by atoms with Gasteiger partial charge < -0.3 is 10.6 Å². The number of hydrogen-bond acceptors (Lipinski definition) is 2. The van der Waals surface area contributed by atoms with Gasteiger partial charge in [-0.2, -0.15) is 0 Å². The second-order valence-electron chi connectivity index (χ2n) is 10.4. The molecule has 6 aromatic carbocycles. The van der Waals surface area contributed by atoms with Crippen LogP contribution >= 0.6 is 31.9 Å².